The summed E-state index contributed by atoms with van der Waals surface area (Å²) in [5.41, 5.74) is 1.12. The van der Waals surface area contributed by atoms with E-state index in [1.165, 1.54) is 11.3 Å². The Morgan fingerprint density at radius 2 is 2.06 bits per heavy atom. The fraction of sp³-hybridized carbons (Fsp3) is 0.250. The van der Waals surface area contributed by atoms with Crippen LogP contribution in [0.1, 0.15) is 16.4 Å². The summed E-state index contributed by atoms with van der Waals surface area (Å²) in [4.78, 5) is 0.802. The Balaban J connectivity index is 1.79. The second-order valence-electron chi connectivity index (χ2n) is 3.99. The van der Waals surface area contributed by atoms with Gasteiger partial charge in [-0.1, -0.05) is 29.5 Å². The van der Waals surface area contributed by atoms with E-state index in [0.29, 0.717) is 6.61 Å². The number of benzene rings is 1. The summed E-state index contributed by atoms with van der Waals surface area (Å²) in [6.45, 7) is 4.36. The zero-order chi connectivity index (χ0) is 12.5. The first-order valence-electron chi connectivity index (χ1n) is 5.60. The molecule has 1 aromatic carbocycles. The largest absolute Gasteiger partial charge is 0.486 e. The first-order chi connectivity index (χ1) is 8.74. The number of rotatable bonds is 3. The van der Waals surface area contributed by atoms with Crippen LogP contribution in [0.5, 0.6) is 5.75 Å². The van der Waals surface area contributed by atoms with Gasteiger partial charge in [0.15, 0.2) is 10.8 Å². The Morgan fingerprint density at radius 3 is 2.83 bits per heavy atom. The lowest BCUT2D eigenvalue weighted by atomic mass is 10.2. The molecular formula is C12H12N4OS. The first kappa shape index (κ1) is 11.2. The van der Waals surface area contributed by atoms with Crippen molar-refractivity contribution in [1.29, 1.82) is 0 Å². The van der Waals surface area contributed by atoms with E-state index in [4.69, 9.17) is 4.74 Å². The summed E-state index contributed by atoms with van der Waals surface area (Å²) >= 11 is 1.50. The molecule has 2 aromatic heterocycles. The summed E-state index contributed by atoms with van der Waals surface area (Å²) in [6, 6.07) is 7.94. The van der Waals surface area contributed by atoms with Gasteiger partial charge in [0, 0.05) is 0 Å². The van der Waals surface area contributed by atoms with Crippen molar-refractivity contribution >= 4 is 16.3 Å². The summed E-state index contributed by atoms with van der Waals surface area (Å²) in [5.74, 6) is 1.68. The van der Waals surface area contributed by atoms with E-state index < -0.39 is 0 Å². The molecule has 0 radical (unpaired) electrons. The van der Waals surface area contributed by atoms with Gasteiger partial charge in [0.1, 0.15) is 12.4 Å². The molecular weight excluding hydrogens is 248 g/mol. The number of nitrogens with zero attached hydrogens (tertiary/aromatic N) is 4. The van der Waals surface area contributed by atoms with Crippen molar-refractivity contribution in [3.05, 3.63) is 40.7 Å². The van der Waals surface area contributed by atoms with E-state index in [1.807, 2.05) is 38.1 Å². The summed E-state index contributed by atoms with van der Waals surface area (Å²) in [7, 11) is 0. The Hall–Kier alpha value is -1.95. The van der Waals surface area contributed by atoms with Crippen molar-refractivity contribution in [3.63, 3.8) is 0 Å². The lowest BCUT2D eigenvalue weighted by molar-refractivity contribution is 0.302. The third-order valence-electron chi connectivity index (χ3n) is 2.63. The van der Waals surface area contributed by atoms with E-state index in [0.717, 1.165) is 27.1 Å². The molecule has 0 fully saturated rings. The summed E-state index contributed by atoms with van der Waals surface area (Å²) < 4.78 is 7.49. The molecule has 5 nitrogen and oxygen atoms in total. The summed E-state index contributed by atoms with van der Waals surface area (Å²) in [6.07, 6.45) is 0. The van der Waals surface area contributed by atoms with E-state index in [1.54, 1.807) is 4.52 Å². The maximum atomic E-state index is 5.75. The Bertz CT molecular complexity index is 688. The van der Waals surface area contributed by atoms with E-state index in [2.05, 4.69) is 15.3 Å². The van der Waals surface area contributed by atoms with Gasteiger partial charge in [0.2, 0.25) is 4.96 Å². The highest BCUT2D eigenvalue weighted by Gasteiger charge is 2.09. The van der Waals surface area contributed by atoms with Crippen LogP contribution in [0.4, 0.5) is 0 Å². The van der Waals surface area contributed by atoms with Crippen LogP contribution in [0, 0.1) is 13.8 Å². The number of hydrogen-bond donors (Lipinski definition) is 0. The fourth-order valence-corrected chi connectivity index (χ4v) is 2.46. The molecule has 0 aliphatic rings. The average Bonchev–Trinajstić information content (AvgIpc) is 2.91. The van der Waals surface area contributed by atoms with Crippen molar-refractivity contribution in [3.8, 4) is 5.75 Å². The van der Waals surface area contributed by atoms with Crippen LogP contribution in [0.25, 0.3) is 4.96 Å². The van der Waals surface area contributed by atoms with E-state index >= 15 is 0 Å². The molecule has 0 spiro atoms. The van der Waals surface area contributed by atoms with E-state index in [-0.39, 0.29) is 0 Å². The van der Waals surface area contributed by atoms with Crippen LogP contribution in [0.2, 0.25) is 0 Å². The minimum Gasteiger partial charge on any atom is -0.486 e. The molecule has 6 heteroatoms. The van der Waals surface area contributed by atoms with E-state index in [9.17, 15) is 0 Å². The molecule has 0 atom stereocenters. The molecule has 92 valence electrons. The Kier molecular flexibility index (Phi) is 2.71. The topological polar surface area (TPSA) is 52.3 Å². The Morgan fingerprint density at radius 1 is 1.22 bits per heavy atom. The minimum atomic E-state index is 0.457. The molecule has 0 bridgehead atoms. The van der Waals surface area contributed by atoms with Crippen LogP contribution < -0.4 is 4.74 Å². The zero-order valence-electron chi connectivity index (χ0n) is 10.1. The number of aryl methyl sites for hydroxylation is 2. The van der Waals surface area contributed by atoms with Crippen LogP contribution in [-0.4, -0.2) is 19.8 Å². The van der Waals surface area contributed by atoms with Gasteiger partial charge >= 0.3 is 0 Å². The fourth-order valence-electron chi connectivity index (χ4n) is 1.67. The molecule has 18 heavy (non-hydrogen) atoms. The van der Waals surface area contributed by atoms with Crippen LogP contribution >= 0.6 is 11.3 Å². The highest BCUT2D eigenvalue weighted by atomic mass is 32.1. The SMILES string of the molecule is Cc1ccccc1OCc1nn2c(C)nnc2s1. The monoisotopic (exact) mass is 260 g/mol. The van der Waals surface area contributed by atoms with Crippen molar-refractivity contribution in [2.45, 2.75) is 20.5 Å². The van der Waals surface area contributed by atoms with Gasteiger partial charge in [-0.2, -0.15) is 9.61 Å². The number of ether oxygens (including phenoxy) is 1. The van der Waals surface area contributed by atoms with Crippen LogP contribution in [-0.2, 0) is 6.61 Å². The summed E-state index contributed by atoms with van der Waals surface area (Å²) in [5, 5.41) is 13.3. The maximum absolute atomic E-state index is 5.75. The van der Waals surface area contributed by atoms with Gasteiger partial charge in [0.25, 0.3) is 0 Å². The second-order valence-corrected chi connectivity index (χ2v) is 5.03. The lowest BCUT2D eigenvalue weighted by Gasteiger charge is -2.06. The molecule has 0 N–H and O–H groups in total. The molecule has 0 aliphatic carbocycles. The van der Waals surface area contributed by atoms with Gasteiger partial charge in [-0.15, -0.1) is 10.2 Å². The first-order valence-corrected chi connectivity index (χ1v) is 6.42. The van der Waals surface area contributed by atoms with Gasteiger partial charge in [-0.25, -0.2) is 0 Å². The molecule has 0 unspecified atom stereocenters. The smallest absolute Gasteiger partial charge is 0.234 e. The van der Waals surface area contributed by atoms with Gasteiger partial charge in [-0.3, -0.25) is 0 Å². The van der Waals surface area contributed by atoms with Gasteiger partial charge < -0.3 is 4.74 Å². The minimum absolute atomic E-state index is 0.457. The molecule has 0 saturated heterocycles. The molecule has 3 aromatic rings. The highest BCUT2D eigenvalue weighted by Crippen LogP contribution is 2.20. The zero-order valence-corrected chi connectivity index (χ0v) is 10.9. The highest BCUT2D eigenvalue weighted by molar-refractivity contribution is 7.16. The second kappa shape index (κ2) is 4.38. The molecule has 0 aliphatic heterocycles. The predicted molar refractivity (Wildman–Crippen MR) is 68.9 cm³/mol. The van der Waals surface area contributed by atoms with Crippen LogP contribution in [0.15, 0.2) is 24.3 Å². The normalized spacial score (nSPS) is 11.0. The van der Waals surface area contributed by atoms with Crippen molar-refractivity contribution in [2.24, 2.45) is 0 Å². The van der Waals surface area contributed by atoms with Gasteiger partial charge in [-0.05, 0) is 25.5 Å². The average molecular weight is 260 g/mol. The molecule has 3 rings (SSSR count). The molecule has 2 heterocycles. The molecule has 0 amide bonds. The quantitative estimate of drug-likeness (QED) is 0.725. The third kappa shape index (κ3) is 1.95. The number of hydrogen-bond acceptors (Lipinski definition) is 5. The van der Waals surface area contributed by atoms with Crippen molar-refractivity contribution in [2.75, 3.05) is 0 Å². The van der Waals surface area contributed by atoms with Crippen LogP contribution in [0.3, 0.4) is 0 Å². The number of fused-ring (bicyclic) bond motifs is 1. The third-order valence-corrected chi connectivity index (χ3v) is 3.51. The van der Waals surface area contributed by atoms with Crippen molar-refractivity contribution in [1.82, 2.24) is 19.8 Å². The standard InChI is InChI=1S/C12H12N4OS/c1-8-5-3-4-6-10(8)17-7-11-15-16-9(2)13-14-12(16)18-11/h3-6H,7H2,1-2H3. The predicted octanol–water partition coefficient (Wildman–Crippen LogP) is 2.38. The van der Waals surface area contributed by atoms with Gasteiger partial charge in [0.05, 0.1) is 0 Å². The Labute approximate surface area is 108 Å². The molecule has 0 saturated carbocycles. The maximum Gasteiger partial charge on any atom is 0.234 e. The number of para-hydroxylation sites is 1. The lowest BCUT2D eigenvalue weighted by Crippen LogP contribution is -1.98. The van der Waals surface area contributed by atoms with Crippen molar-refractivity contribution < 1.29 is 4.74 Å². The number of aromatic nitrogens is 4.